The molecule has 0 radical (unpaired) electrons. The second kappa shape index (κ2) is 13.6. The summed E-state index contributed by atoms with van der Waals surface area (Å²) in [7, 11) is -4.52. The largest absolute Gasteiger partial charge is 0.416 e. The average Bonchev–Trinajstić information content (AvgIpc) is 3.48. The van der Waals surface area contributed by atoms with Crippen LogP contribution < -0.4 is 9.62 Å². The fraction of sp³-hybridized carbons (Fsp3) is 0.333. The number of carbonyl (C=O) groups is 2. The van der Waals surface area contributed by atoms with Gasteiger partial charge in [-0.2, -0.15) is 13.2 Å². The summed E-state index contributed by atoms with van der Waals surface area (Å²) in [5, 5.41) is 3.52. The molecule has 230 valence electrons. The first-order valence-corrected chi connectivity index (χ1v) is 15.8. The SMILES string of the molecule is C[C@H](C(=O)NC1CCCC1)N(Cc1ccc(Cl)cc1Cl)C(=O)CN(c1cccc(C(F)(F)F)c1)S(=O)(=O)c1ccccc1. The zero-order valence-corrected chi connectivity index (χ0v) is 25.5. The van der Waals surface area contributed by atoms with Gasteiger partial charge in [0.15, 0.2) is 0 Å². The number of amides is 2. The van der Waals surface area contributed by atoms with E-state index in [4.69, 9.17) is 23.2 Å². The Morgan fingerprint density at radius 2 is 1.65 bits per heavy atom. The van der Waals surface area contributed by atoms with Crippen LogP contribution in [0.2, 0.25) is 10.0 Å². The van der Waals surface area contributed by atoms with Gasteiger partial charge in [-0.05, 0) is 67.8 Å². The Kier molecular flexibility index (Phi) is 10.3. The molecule has 0 bridgehead atoms. The monoisotopic (exact) mass is 655 g/mol. The van der Waals surface area contributed by atoms with Crippen LogP contribution >= 0.6 is 23.2 Å². The summed E-state index contributed by atoms with van der Waals surface area (Å²) in [6.45, 7) is 0.438. The van der Waals surface area contributed by atoms with Crippen LogP contribution in [0.5, 0.6) is 0 Å². The Morgan fingerprint density at radius 3 is 2.28 bits per heavy atom. The van der Waals surface area contributed by atoms with Crippen molar-refractivity contribution in [1.82, 2.24) is 10.2 Å². The van der Waals surface area contributed by atoms with Crippen molar-refractivity contribution in [2.24, 2.45) is 0 Å². The third-order valence-corrected chi connectivity index (χ3v) is 9.67. The lowest BCUT2D eigenvalue weighted by atomic mass is 10.1. The number of benzene rings is 3. The van der Waals surface area contributed by atoms with Gasteiger partial charge in [-0.3, -0.25) is 13.9 Å². The predicted octanol–water partition coefficient (Wildman–Crippen LogP) is 6.68. The van der Waals surface area contributed by atoms with E-state index in [0.29, 0.717) is 21.0 Å². The molecule has 4 rings (SSSR count). The number of rotatable bonds is 10. The molecule has 1 fully saturated rings. The van der Waals surface area contributed by atoms with E-state index in [1.54, 1.807) is 18.2 Å². The molecule has 0 heterocycles. The lowest BCUT2D eigenvalue weighted by Crippen LogP contribution is -2.52. The molecule has 1 aliphatic rings. The lowest BCUT2D eigenvalue weighted by Gasteiger charge is -2.32. The van der Waals surface area contributed by atoms with Gasteiger partial charge in [-0.1, -0.05) is 66.4 Å². The van der Waals surface area contributed by atoms with Crippen LogP contribution in [0.15, 0.2) is 77.7 Å². The van der Waals surface area contributed by atoms with Gasteiger partial charge in [0.05, 0.1) is 16.1 Å². The highest BCUT2D eigenvalue weighted by Gasteiger charge is 2.36. The molecule has 1 aliphatic carbocycles. The van der Waals surface area contributed by atoms with E-state index in [9.17, 15) is 31.2 Å². The maximum atomic E-state index is 14.0. The highest BCUT2D eigenvalue weighted by Crippen LogP contribution is 2.33. The molecular weight excluding hydrogens is 626 g/mol. The van der Waals surface area contributed by atoms with Crippen molar-refractivity contribution in [3.8, 4) is 0 Å². The van der Waals surface area contributed by atoms with Gasteiger partial charge in [0.25, 0.3) is 10.0 Å². The van der Waals surface area contributed by atoms with Gasteiger partial charge in [0.1, 0.15) is 12.6 Å². The fourth-order valence-electron chi connectivity index (χ4n) is 4.89. The number of halogens is 5. The Bertz CT molecular complexity index is 1570. The van der Waals surface area contributed by atoms with E-state index in [-0.39, 0.29) is 28.2 Å². The number of anilines is 1. The Labute approximate surface area is 258 Å². The number of hydrogen-bond donors (Lipinski definition) is 1. The van der Waals surface area contributed by atoms with E-state index in [2.05, 4.69) is 5.32 Å². The topological polar surface area (TPSA) is 86.8 Å². The molecule has 2 amide bonds. The molecule has 7 nitrogen and oxygen atoms in total. The van der Waals surface area contributed by atoms with Gasteiger partial charge < -0.3 is 10.2 Å². The number of nitrogens with one attached hydrogen (secondary N) is 1. The van der Waals surface area contributed by atoms with Crippen molar-refractivity contribution in [2.75, 3.05) is 10.8 Å². The summed E-state index contributed by atoms with van der Waals surface area (Å²) < 4.78 is 69.0. The molecule has 1 atom stereocenters. The van der Waals surface area contributed by atoms with Crippen LogP contribution in [-0.2, 0) is 32.3 Å². The van der Waals surface area contributed by atoms with Gasteiger partial charge in [-0.15, -0.1) is 0 Å². The molecular formula is C30H30Cl2F3N3O4S. The molecule has 0 aliphatic heterocycles. The molecule has 0 saturated heterocycles. The van der Waals surface area contributed by atoms with E-state index in [1.807, 2.05) is 0 Å². The first-order chi connectivity index (χ1) is 20.3. The van der Waals surface area contributed by atoms with E-state index < -0.39 is 46.2 Å². The molecule has 13 heteroatoms. The van der Waals surface area contributed by atoms with Crippen LogP contribution in [0, 0.1) is 0 Å². The first kappa shape index (κ1) is 32.6. The maximum absolute atomic E-state index is 14.0. The molecule has 3 aromatic carbocycles. The zero-order chi connectivity index (χ0) is 31.4. The number of carbonyl (C=O) groups excluding carboxylic acids is 2. The smallest absolute Gasteiger partial charge is 0.352 e. The van der Waals surface area contributed by atoms with Crippen LogP contribution in [0.4, 0.5) is 18.9 Å². The zero-order valence-electron chi connectivity index (χ0n) is 23.2. The van der Waals surface area contributed by atoms with Crippen molar-refractivity contribution < 1.29 is 31.2 Å². The Hall–Kier alpha value is -3.28. The van der Waals surface area contributed by atoms with Gasteiger partial charge in [0, 0.05) is 22.6 Å². The van der Waals surface area contributed by atoms with Crippen LogP contribution in [0.3, 0.4) is 0 Å². The van der Waals surface area contributed by atoms with E-state index in [0.717, 1.165) is 37.8 Å². The van der Waals surface area contributed by atoms with E-state index in [1.165, 1.54) is 48.2 Å². The number of sulfonamides is 1. The normalized spacial score (nSPS) is 14.7. The second-order valence-corrected chi connectivity index (χ2v) is 13.0. The minimum absolute atomic E-state index is 0.0499. The molecule has 0 unspecified atom stereocenters. The summed E-state index contributed by atoms with van der Waals surface area (Å²) in [5.74, 6) is -1.26. The van der Waals surface area contributed by atoms with Gasteiger partial charge in [-0.25, -0.2) is 8.42 Å². The predicted molar refractivity (Wildman–Crippen MR) is 159 cm³/mol. The molecule has 1 saturated carbocycles. The highest BCUT2D eigenvalue weighted by molar-refractivity contribution is 7.92. The maximum Gasteiger partial charge on any atom is 0.416 e. The van der Waals surface area contributed by atoms with Crippen molar-refractivity contribution in [2.45, 2.75) is 62.3 Å². The summed E-state index contributed by atoms with van der Waals surface area (Å²) in [6, 6.07) is 14.3. The summed E-state index contributed by atoms with van der Waals surface area (Å²) in [5.41, 5.74) is -1.00. The number of hydrogen-bond acceptors (Lipinski definition) is 4. The third kappa shape index (κ3) is 8.01. The number of alkyl halides is 3. The summed E-state index contributed by atoms with van der Waals surface area (Å²) in [4.78, 5) is 28.2. The molecule has 3 aromatic rings. The fourth-order valence-corrected chi connectivity index (χ4v) is 6.79. The molecule has 43 heavy (non-hydrogen) atoms. The molecule has 0 aromatic heterocycles. The van der Waals surface area contributed by atoms with Gasteiger partial charge in [0.2, 0.25) is 11.8 Å². The second-order valence-electron chi connectivity index (χ2n) is 10.3. The first-order valence-electron chi connectivity index (χ1n) is 13.6. The van der Waals surface area contributed by atoms with Crippen molar-refractivity contribution in [3.05, 3.63) is 94.0 Å². The van der Waals surface area contributed by atoms with E-state index >= 15 is 0 Å². The average molecular weight is 657 g/mol. The summed E-state index contributed by atoms with van der Waals surface area (Å²) >= 11 is 12.4. The molecule has 0 spiro atoms. The van der Waals surface area contributed by atoms with Crippen LogP contribution in [-0.4, -0.2) is 43.8 Å². The number of nitrogens with zero attached hydrogens (tertiary/aromatic N) is 2. The van der Waals surface area contributed by atoms with Crippen LogP contribution in [0.25, 0.3) is 0 Å². The van der Waals surface area contributed by atoms with Gasteiger partial charge >= 0.3 is 6.18 Å². The Morgan fingerprint density at radius 1 is 0.977 bits per heavy atom. The summed E-state index contributed by atoms with van der Waals surface area (Å²) in [6.07, 6.45) is -1.23. The van der Waals surface area contributed by atoms with Crippen molar-refractivity contribution >= 4 is 50.7 Å². The highest BCUT2D eigenvalue weighted by atomic mass is 35.5. The van der Waals surface area contributed by atoms with Crippen molar-refractivity contribution in [3.63, 3.8) is 0 Å². The minimum atomic E-state index is -4.76. The molecule has 1 N–H and O–H groups in total. The van der Waals surface area contributed by atoms with Crippen molar-refractivity contribution in [1.29, 1.82) is 0 Å². The van der Waals surface area contributed by atoms with Crippen LogP contribution in [0.1, 0.15) is 43.7 Å². The minimum Gasteiger partial charge on any atom is -0.352 e. The lowest BCUT2D eigenvalue weighted by molar-refractivity contribution is -0.139. The Balaban J connectivity index is 1.74. The standard InChI is InChI=1S/C30H30Cl2F3N3O4S/c1-20(29(40)36-24-9-5-6-10-24)37(18-21-14-15-23(31)17-27(21)32)28(39)19-38(43(41,42)26-12-3-2-4-13-26)25-11-7-8-22(16-25)30(33,34)35/h2-4,7-8,11-17,20,24H,5-6,9-10,18-19H2,1H3,(H,36,40)/t20-/m1/s1. The third-order valence-electron chi connectivity index (χ3n) is 7.30. The quantitative estimate of drug-likeness (QED) is 0.264.